The highest BCUT2D eigenvalue weighted by Crippen LogP contribution is 2.30. The lowest BCUT2D eigenvalue weighted by Gasteiger charge is -2.28. The van der Waals surface area contributed by atoms with Gasteiger partial charge in [-0.3, -0.25) is 4.79 Å². The molecule has 0 aromatic heterocycles. The molecule has 3 nitrogen and oxygen atoms in total. The summed E-state index contributed by atoms with van der Waals surface area (Å²) in [4.78, 5) is 11.0. The van der Waals surface area contributed by atoms with Crippen molar-refractivity contribution in [3.63, 3.8) is 0 Å². The number of carbonyl (C=O) groups is 1. The molecule has 1 aliphatic heterocycles. The highest BCUT2D eigenvalue weighted by atomic mass is 16.4. The third kappa shape index (κ3) is 1.75. The number of fused-ring (bicyclic) bond motifs is 1. The molecule has 0 spiro atoms. The number of hydrogen-bond donors (Lipinski definition) is 2. The Hall–Kier alpha value is -1.35. The fourth-order valence-corrected chi connectivity index (χ4v) is 2.12. The zero-order chi connectivity index (χ0) is 11.0. The van der Waals surface area contributed by atoms with Crippen LogP contribution < -0.4 is 5.32 Å². The Kier molecular flexibility index (Phi) is 2.49. The Morgan fingerprint density at radius 1 is 1.47 bits per heavy atom. The summed E-state index contributed by atoms with van der Waals surface area (Å²) in [6, 6.07) is 5.44. The first kappa shape index (κ1) is 10.2. The van der Waals surface area contributed by atoms with Crippen molar-refractivity contribution in [2.24, 2.45) is 0 Å². The van der Waals surface area contributed by atoms with Gasteiger partial charge in [0.1, 0.15) is 6.04 Å². The van der Waals surface area contributed by atoms with Crippen molar-refractivity contribution in [2.45, 2.75) is 25.8 Å². The van der Waals surface area contributed by atoms with Crippen LogP contribution in [-0.2, 0) is 4.79 Å². The molecule has 1 aromatic carbocycles. The maximum Gasteiger partial charge on any atom is 0.325 e. The van der Waals surface area contributed by atoms with E-state index in [1.807, 2.05) is 19.1 Å². The van der Waals surface area contributed by atoms with Gasteiger partial charge in [-0.05, 0) is 24.0 Å². The molecule has 0 bridgehead atoms. The van der Waals surface area contributed by atoms with Crippen LogP contribution in [0.25, 0.3) is 0 Å². The monoisotopic (exact) mass is 205 g/mol. The summed E-state index contributed by atoms with van der Waals surface area (Å²) in [6.45, 7) is 4.88. The molecule has 80 valence electrons. The maximum atomic E-state index is 11.0. The van der Waals surface area contributed by atoms with Crippen LogP contribution in [0.4, 0.5) is 0 Å². The molecule has 0 saturated carbocycles. The van der Waals surface area contributed by atoms with Gasteiger partial charge in [0.2, 0.25) is 0 Å². The van der Waals surface area contributed by atoms with E-state index in [1.54, 1.807) is 0 Å². The van der Waals surface area contributed by atoms with E-state index in [9.17, 15) is 4.79 Å². The summed E-state index contributed by atoms with van der Waals surface area (Å²) in [7, 11) is 0. The Balaban J connectivity index is 2.50. The van der Waals surface area contributed by atoms with E-state index >= 15 is 0 Å². The fraction of sp³-hybridized carbons (Fsp3) is 0.417. The van der Waals surface area contributed by atoms with Crippen molar-refractivity contribution < 1.29 is 9.90 Å². The van der Waals surface area contributed by atoms with Gasteiger partial charge in [-0.1, -0.05) is 30.7 Å². The summed E-state index contributed by atoms with van der Waals surface area (Å²) in [5.74, 6) is -0.414. The molecule has 2 N–H and O–H groups in total. The molecule has 1 aliphatic rings. The molecule has 15 heavy (non-hydrogen) atoms. The minimum Gasteiger partial charge on any atom is -0.480 e. The van der Waals surface area contributed by atoms with Crippen molar-refractivity contribution in [1.82, 2.24) is 5.32 Å². The summed E-state index contributed by atoms with van der Waals surface area (Å²) >= 11 is 0. The van der Waals surface area contributed by atoms with Gasteiger partial charge in [0, 0.05) is 6.54 Å². The lowest BCUT2D eigenvalue weighted by Crippen LogP contribution is -2.36. The van der Waals surface area contributed by atoms with E-state index in [1.165, 1.54) is 11.1 Å². The molecule has 0 fully saturated rings. The molecule has 0 saturated heterocycles. The number of carboxylic acids is 1. The van der Waals surface area contributed by atoms with Crippen molar-refractivity contribution >= 4 is 5.97 Å². The van der Waals surface area contributed by atoms with Gasteiger partial charge >= 0.3 is 5.97 Å². The van der Waals surface area contributed by atoms with Crippen LogP contribution in [0.3, 0.4) is 0 Å². The van der Waals surface area contributed by atoms with Crippen LogP contribution in [0.2, 0.25) is 0 Å². The smallest absolute Gasteiger partial charge is 0.325 e. The van der Waals surface area contributed by atoms with E-state index in [4.69, 9.17) is 5.11 Å². The van der Waals surface area contributed by atoms with Crippen molar-refractivity contribution in [3.8, 4) is 0 Å². The van der Waals surface area contributed by atoms with Gasteiger partial charge in [-0.25, -0.2) is 0 Å². The minimum atomic E-state index is -0.799. The largest absolute Gasteiger partial charge is 0.480 e. The first-order valence-electron chi connectivity index (χ1n) is 5.16. The van der Waals surface area contributed by atoms with Gasteiger partial charge in [0.15, 0.2) is 0 Å². The minimum absolute atomic E-state index is 0.385. The van der Waals surface area contributed by atoms with E-state index < -0.39 is 12.0 Å². The summed E-state index contributed by atoms with van der Waals surface area (Å²) < 4.78 is 0. The summed E-state index contributed by atoms with van der Waals surface area (Å²) in [5.41, 5.74) is 3.26. The van der Waals surface area contributed by atoms with Crippen LogP contribution in [0, 0.1) is 6.92 Å². The van der Waals surface area contributed by atoms with Gasteiger partial charge in [-0.2, -0.15) is 0 Å². The third-order valence-corrected chi connectivity index (χ3v) is 2.96. The maximum absolute atomic E-state index is 11.0. The quantitative estimate of drug-likeness (QED) is 0.735. The Bertz CT molecular complexity index is 401. The third-order valence-electron chi connectivity index (χ3n) is 2.96. The Labute approximate surface area is 89.1 Å². The number of aryl methyl sites for hydroxylation is 1. The van der Waals surface area contributed by atoms with Crippen LogP contribution in [0.5, 0.6) is 0 Å². The van der Waals surface area contributed by atoms with Crippen LogP contribution >= 0.6 is 0 Å². The second-order valence-electron chi connectivity index (χ2n) is 4.21. The number of rotatable bonds is 1. The molecule has 2 rings (SSSR count). The van der Waals surface area contributed by atoms with Crippen LogP contribution in [0.1, 0.15) is 35.6 Å². The number of nitrogens with one attached hydrogen (secondary N) is 1. The highest BCUT2D eigenvalue weighted by molar-refractivity contribution is 5.76. The molecular formula is C12H15NO2. The van der Waals surface area contributed by atoms with E-state index in [2.05, 4.69) is 18.3 Å². The molecule has 1 aromatic rings. The standard InChI is InChI=1S/C12H15NO2/c1-7-3-4-9-10(5-7)8(2)6-13-11(9)12(14)15/h3-5,8,11,13H,6H2,1-2H3,(H,14,15)/t8-,11-/m1/s1. The van der Waals surface area contributed by atoms with Gasteiger partial charge in [-0.15, -0.1) is 0 Å². The predicted octanol–water partition coefficient (Wildman–Crippen LogP) is 1.83. The predicted molar refractivity (Wildman–Crippen MR) is 58.0 cm³/mol. The molecule has 3 heteroatoms. The number of hydrogen-bond acceptors (Lipinski definition) is 2. The van der Waals surface area contributed by atoms with Gasteiger partial charge in [0.05, 0.1) is 0 Å². The molecular weight excluding hydrogens is 190 g/mol. The second-order valence-corrected chi connectivity index (χ2v) is 4.21. The molecule has 2 atom stereocenters. The van der Waals surface area contributed by atoms with E-state index in [-0.39, 0.29) is 0 Å². The first-order chi connectivity index (χ1) is 7.09. The van der Waals surface area contributed by atoms with Gasteiger partial charge in [0.25, 0.3) is 0 Å². The average molecular weight is 205 g/mol. The molecule has 0 aliphatic carbocycles. The van der Waals surface area contributed by atoms with Crippen LogP contribution in [-0.4, -0.2) is 17.6 Å². The SMILES string of the molecule is Cc1ccc2c(c1)[C@H](C)CN[C@H]2C(=O)O. The molecule has 0 amide bonds. The lowest BCUT2D eigenvalue weighted by atomic mass is 9.86. The Morgan fingerprint density at radius 2 is 2.20 bits per heavy atom. The highest BCUT2D eigenvalue weighted by Gasteiger charge is 2.28. The topological polar surface area (TPSA) is 49.3 Å². The lowest BCUT2D eigenvalue weighted by molar-refractivity contribution is -0.139. The van der Waals surface area contributed by atoms with Gasteiger partial charge < -0.3 is 10.4 Å². The second kappa shape index (κ2) is 3.66. The molecule has 0 unspecified atom stereocenters. The first-order valence-corrected chi connectivity index (χ1v) is 5.16. The zero-order valence-corrected chi connectivity index (χ0v) is 8.95. The fourth-order valence-electron chi connectivity index (χ4n) is 2.12. The van der Waals surface area contributed by atoms with Crippen molar-refractivity contribution in [1.29, 1.82) is 0 Å². The van der Waals surface area contributed by atoms with Crippen molar-refractivity contribution in [2.75, 3.05) is 6.54 Å². The van der Waals surface area contributed by atoms with Crippen molar-refractivity contribution in [3.05, 3.63) is 34.9 Å². The van der Waals surface area contributed by atoms with E-state index in [0.29, 0.717) is 5.92 Å². The number of carboxylic acid groups (broad SMARTS) is 1. The molecule has 0 radical (unpaired) electrons. The van der Waals surface area contributed by atoms with E-state index in [0.717, 1.165) is 12.1 Å². The molecule has 1 heterocycles. The number of aliphatic carboxylic acids is 1. The van der Waals surface area contributed by atoms with Crippen LogP contribution in [0.15, 0.2) is 18.2 Å². The summed E-state index contributed by atoms with van der Waals surface area (Å²) in [5, 5.41) is 12.1. The average Bonchev–Trinajstić information content (AvgIpc) is 2.19. The Morgan fingerprint density at radius 3 is 2.87 bits per heavy atom. The normalized spacial score (nSPS) is 24.7. The zero-order valence-electron chi connectivity index (χ0n) is 8.95. The number of benzene rings is 1. The summed E-state index contributed by atoms with van der Waals surface area (Å²) in [6.07, 6.45) is 0.